The van der Waals surface area contributed by atoms with Crippen molar-refractivity contribution in [3.05, 3.63) is 58.1 Å². The summed E-state index contributed by atoms with van der Waals surface area (Å²) in [5.74, 6) is 1.56. The van der Waals surface area contributed by atoms with Crippen LogP contribution in [0, 0.1) is 6.92 Å². The van der Waals surface area contributed by atoms with Gasteiger partial charge in [-0.15, -0.1) is 11.6 Å². The molecule has 0 aromatic heterocycles. The van der Waals surface area contributed by atoms with Gasteiger partial charge in [-0.3, -0.25) is 0 Å². The first-order valence-electron chi connectivity index (χ1n) is 6.24. The highest BCUT2D eigenvalue weighted by atomic mass is 35.5. The van der Waals surface area contributed by atoms with Gasteiger partial charge in [0.25, 0.3) is 0 Å². The number of hydrogen-bond acceptors (Lipinski definition) is 2. The fourth-order valence-corrected chi connectivity index (χ4v) is 2.31. The number of alkyl halides is 1. The predicted molar refractivity (Wildman–Crippen MR) is 83.1 cm³/mol. The van der Waals surface area contributed by atoms with Gasteiger partial charge in [0.05, 0.1) is 13.0 Å². The van der Waals surface area contributed by atoms with E-state index in [1.165, 1.54) is 5.56 Å². The molecule has 0 heterocycles. The van der Waals surface area contributed by atoms with E-state index in [0.29, 0.717) is 29.0 Å². The van der Waals surface area contributed by atoms with E-state index >= 15 is 0 Å². The van der Waals surface area contributed by atoms with Crippen LogP contribution in [-0.4, -0.2) is 7.11 Å². The van der Waals surface area contributed by atoms with Crippen molar-refractivity contribution in [3.63, 3.8) is 0 Å². The first-order chi connectivity index (χ1) is 9.63. The normalized spacial score (nSPS) is 10.4. The van der Waals surface area contributed by atoms with Crippen molar-refractivity contribution in [2.75, 3.05) is 7.11 Å². The third-order valence-electron chi connectivity index (χ3n) is 2.96. The molecule has 0 amide bonds. The summed E-state index contributed by atoms with van der Waals surface area (Å²) < 4.78 is 11.2. The summed E-state index contributed by atoms with van der Waals surface area (Å²) >= 11 is 12.0. The third kappa shape index (κ3) is 3.59. The van der Waals surface area contributed by atoms with Crippen molar-refractivity contribution >= 4 is 23.2 Å². The minimum absolute atomic E-state index is 0.320. The van der Waals surface area contributed by atoms with E-state index in [-0.39, 0.29) is 0 Å². The fraction of sp³-hybridized carbons (Fsp3) is 0.250. The average molecular weight is 311 g/mol. The van der Waals surface area contributed by atoms with Gasteiger partial charge in [0.15, 0.2) is 11.5 Å². The van der Waals surface area contributed by atoms with Crippen LogP contribution in [0.3, 0.4) is 0 Å². The van der Waals surface area contributed by atoms with Crippen LogP contribution in [-0.2, 0) is 12.5 Å². The van der Waals surface area contributed by atoms with Gasteiger partial charge >= 0.3 is 0 Å². The Kier molecular flexibility index (Phi) is 5.16. The second-order valence-corrected chi connectivity index (χ2v) is 5.21. The van der Waals surface area contributed by atoms with Gasteiger partial charge in [0.2, 0.25) is 0 Å². The van der Waals surface area contributed by atoms with Crippen LogP contribution < -0.4 is 9.47 Å². The minimum Gasteiger partial charge on any atom is -0.493 e. The predicted octanol–water partition coefficient (Wildman–Crippen LogP) is 4.97. The minimum atomic E-state index is 0.320. The third-order valence-corrected chi connectivity index (χ3v) is 3.47. The van der Waals surface area contributed by atoms with Crippen molar-refractivity contribution in [2.24, 2.45) is 0 Å². The van der Waals surface area contributed by atoms with Crippen molar-refractivity contribution in [1.82, 2.24) is 0 Å². The van der Waals surface area contributed by atoms with Gasteiger partial charge in [-0.1, -0.05) is 41.4 Å². The molecule has 0 saturated heterocycles. The van der Waals surface area contributed by atoms with Crippen LogP contribution in [0.4, 0.5) is 0 Å². The van der Waals surface area contributed by atoms with Crippen molar-refractivity contribution < 1.29 is 9.47 Å². The number of methoxy groups -OCH3 is 1. The van der Waals surface area contributed by atoms with Crippen LogP contribution >= 0.6 is 23.2 Å². The summed E-state index contributed by atoms with van der Waals surface area (Å²) in [6.07, 6.45) is 0. The zero-order valence-electron chi connectivity index (χ0n) is 11.5. The van der Waals surface area contributed by atoms with Crippen molar-refractivity contribution in [1.29, 1.82) is 0 Å². The molecule has 2 nitrogen and oxygen atoms in total. The Balaban J connectivity index is 2.21. The number of halogens is 2. The number of benzene rings is 2. The standard InChI is InChI=1S/C16H16Cl2O2/c1-11-3-5-12(6-4-11)10-20-16-13(9-17)7-14(18)8-15(16)19-2/h3-8H,9-10H2,1-2H3. The second-order valence-electron chi connectivity index (χ2n) is 4.50. The summed E-state index contributed by atoms with van der Waals surface area (Å²) in [4.78, 5) is 0. The van der Waals surface area contributed by atoms with E-state index in [0.717, 1.165) is 11.1 Å². The molecule has 0 aliphatic rings. The summed E-state index contributed by atoms with van der Waals surface area (Å²) in [5.41, 5.74) is 3.13. The Hall–Kier alpha value is -1.38. The fourth-order valence-electron chi connectivity index (χ4n) is 1.88. The molecule has 2 rings (SSSR count). The van der Waals surface area contributed by atoms with Crippen LogP contribution in [0.5, 0.6) is 11.5 Å². The molecule has 0 fully saturated rings. The lowest BCUT2D eigenvalue weighted by Crippen LogP contribution is -2.00. The van der Waals surface area contributed by atoms with E-state index in [9.17, 15) is 0 Å². The van der Waals surface area contributed by atoms with Gasteiger partial charge in [-0.05, 0) is 18.6 Å². The lowest BCUT2D eigenvalue weighted by Gasteiger charge is -2.14. The summed E-state index contributed by atoms with van der Waals surface area (Å²) in [7, 11) is 1.59. The van der Waals surface area contributed by atoms with Crippen LogP contribution in [0.1, 0.15) is 16.7 Å². The Bertz CT molecular complexity index is 555. The molecule has 0 aliphatic heterocycles. The molecule has 0 aliphatic carbocycles. The molecule has 4 heteroatoms. The van der Waals surface area contributed by atoms with Crippen LogP contribution in [0.2, 0.25) is 5.02 Å². The molecule has 0 unspecified atom stereocenters. The average Bonchev–Trinajstić information content (AvgIpc) is 2.46. The van der Waals surface area contributed by atoms with E-state index in [4.69, 9.17) is 32.7 Å². The first kappa shape index (κ1) is 15.0. The van der Waals surface area contributed by atoms with Crippen molar-refractivity contribution in [3.8, 4) is 11.5 Å². The van der Waals surface area contributed by atoms with E-state index in [2.05, 4.69) is 19.1 Å². The highest BCUT2D eigenvalue weighted by molar-refractivity contribution is 6.31. The van der Waals surface area contributed by atoms with Gasteiger partial charge in [0.1, 0.15) is 6.61 Å². The maximum Gasteiger partial charge on any atom is 0.166 e. The van der Waals surface area contributed by atoms with Gasteiger partial charge in [0, 0.05) is 16.7 Å². The molecule has 2 aromatic rings. The Morgan fingerprint density at radius 2 is 1.80 bits per heavy atom. The number of ether oxygens (including phenoxy) is 2. The number of hydrogen-bond donors (Lipinski definition) is 0. The molecule has 106 valence electrons. The van der Waals surface area contributed by atoms with E-state index in [1.807, 2.05) is 12.1 Å². The van der Waals surface area contributed by atoms with Crippen LogP contribution in [0.15, 0.2) is 36.4 Å². The molecule has 0 bridgehead atoms. The molecule has 0 saturated carbocycles. The SMILES string of the molecule is COc1cc(Cl)cc(CCl)c1OCc1ccc(C)cc1. The molecule has 20 heavy (non-hydrogen) atoms. The quantitative estimate of drug-likeness (QED) is 0.725. The molecular formula is C16H16Cl2O2. The van der Waals surface area contributed by atoms with Gasteiger partial charge in [-0.25, -0.2) is 0 Å². The largest absolute Gasteiger partial charge is 0.493 e. The maximum absolute atomic E-state index is 6.02. The highest BCUT2D eigenvalue weighted by Gasteiger charge is 2.12. The molecule has 0 radical (unpaired) electrons. The smallest absolute Gasteiger partial charge is 0.166 e. The maximum atomic E-state index is 6.02. The Morgan fingerprint density at radius 3 is 2.40 bits per heavy atom. The first-order valence-corrected chi connectivity index (χ1v) is 7.16. The summed E-state index contributed by atoms with van der Waals surface area (Å²) in [6, 6.07) is 11.7. The molecule has 0 atom stereocenters. The monoisotopic (exact) mass is 310 g/mol. The molecular weight excluding hydrogens is 295 g/mol. The number of aryl methyl sites for hydroxylation is 1. The van der Waals surface area contributed by atoms with Crippen LogP contribution in [0.25, 0.3) is 0 Å². The molecule has 2 aromatic carbocycles. The molecule has 0 N–H and O–H groups in total. The Morgan fingerprint density at radius 1 is 1.10 bits per heavy atom. The Labute approximate surface area is 129 Å². The summed E-state index contributed by atoms with van der Waals surface area (Å²) in [5, 5.41) is 0.584. The zero-order chi connectivity index (χ0) is 14.5. The summed E-state index contributed by atoms with van der Waals surface area (Å²) in [6.45, 7) is 2.51. The van der Waals surface area contributed by atoms with E-state index < -0.39 is 0 Å². The van der Waals surface area contributed by atoms with Crippen molar-refractivity contribution in [2.45, 2.75) is 19.4 Å². The lowest BCUT2D eigenvalue weighted by atomic mass is 10.1. The lowest BCUT2D eigenvalue weighted by molar-refractivity contribution is 0.282. The van der Waals surface area contributed by atoms with Gasteiger partial charge in [-0.2, -0.15) is 0 Å². The highest BCUT2D eigenvalue weighted by Crippen LogP contribution is 2.36. The van der Waals surface area contributed by atoms with E-state index in [1.54, 1.807) is 19.2 Å². The zero-order valence-corrected chi connectivity index (χ0v) is 13.0. The topological polar surface area (TPSA) is 18.5 Å². The molecule has 0 spiro atoms. The van der Waals surface area contributed by atoms with Gasteiger partial charge < -0.3 is 9.47 Å². The number of rotatable bonds is 5. The second kappa shape index (κ2) is 6.87.